The summed E-state index contributed by atoms with van der Waals surface area (Å²) in [5, 5.41) is 7.78. The molecule has 7 unspecified atom stereocenters. The summed E-state index contributed by atoms with van der Waals surface area (Å²) in [5.41, 5.74) is 0.842. The van der Waals surface area contributed by atoms with E-state index in [1.54, 1.807) is 0 Å². The molecule has 2 N–H and O–H groups in total. The number of rotatable bonds is 3. The van der Waals surface area contributed by atoms with Gasteiger partial charge in [0, 0.05) is 16.2 Å². The fourth-order valence-corrected chi connectivity index (χ4v) is 7.22. The zero-order chi connectivity index (χ0) is 16.9. The zero-order valence-electron chi connectivity index (χ0n) is 13.6. The summed E-state index contributed by atoms with van der Waals surface area (Å²) in [6, 6.07) is 0.263. The lowest BCUT2D eigenvalue weighted by atomic mass is 10.0. The Kier molecular flexibility index (Phi) is 4.52. The first-order chi connectivity index (χ1) is 11.5. The fourth-order valence-electron chi connectivity index (χ4n) is 4.22. The van der Waals surface area contributed by atoms with Crippen LogP contribution in [0.25, 0.3) is 0 Å². The molecule has 1 saturated heterocycles. The first-order valence-electron chi connectivity index (χ1n) is 8.70. The Bertz CT molecular complexity index is 548. The molecule has 0 bridgehead atoms. The van der Waals surface area contributed by atoms with Crippen LogP contribution in [0.15, 0.2) is 24.0 Å². The third-order valence-electron chi connectivity index (χ3n) is 5.52. The number of nitrogens with one attached hydrogen (secondary N) is 2. The van der Waals surface area contributed by atoms with Gasteiger partial charge in [-0.1, -0.05) is 19.1 Å². The molecule has 2 fully saturated rings. The van der Waals surface area contributed by atoms with Gasteiger partial charge in [-0.3, -0.25) is 0 Å². The lowest BCUT2D eigenvalue weighted by molar-refractivity contribution is -0.163. The molecule has 4 aliphatic rings. The molecule has 0 amide bonds. The monoisotopic (exact) mass is 376 g/mol. The number of alkyl halides is 3. The first-order valence-corrected chi connectivity index (χ1v) is 10.7. The van der Waals surface area contributed by atoms with Crippen LogP contribution in [0.4, 0.5) is 13.2 Å². The maximum atomic E-state index is 13.3. The summed E-state index contributed by atoms with van der Waals surface area (Å²) in [7, 11) is 0. The molecule has 0 spiro atoms. The van der Waals surface area contributed by atoms with E-state index < -0.39 is 12.1 Å². The molecule has 0 aromatic rings. The summed E-state index contributed by atoms with van der Waals surface area (Å²) < 4.78 is 39.8. The van der Waals surface area contributed by atoms with Crippen LogP contribution in [0.5, 0.6) is 0 Å². The van der Waals surface area contributed by atoms with E-state index in [0.29, 0.717) is 11.2 Å². The van der Waals surface area contributed by atoms with E-state index in [-0.39, 0.29) is 29.0 Å². The van der Waals surface area contributed by atoms with Crippen molar-refractivity contribution in [3.8, 4) is 0 Å². The summed E-state index contributed by atoms with van der Waals surface area (Å²) in [6.45, 7) is 2.16. The van der Waals surface area contributed by atoms with Crippen LogP contribution in [-0.2, 0) is 0 Å². The summed E-state index contributed by atoms with van der Waals surface area (Å²) in [5.74, 6) is 0.464. The van der Waals surface area contributed by atoms with Crippen molar-refractivity contribution in [1.29, 1.82) is 0 Å². The number of thioether (sulfide) groups is 2. The molecule has 2 aliphatic carbocycles. The highest BCUT2D eigenvalue weighted by atomic mass is 32.2. The van der Waals surface area contributed by atoms with Crippen molar-refractivity contribution >= 4 is 23.5 Å². The standard InChI is InChI=1S/C17H23F3N2S2/c1-2-23-13-4-3-5-21-14(13)16-22-12-8-10(17(18,19)20)6-9-7-11(9)15(12)24-16/h3,5,8-11,13-16,21-22H,2,4,6-7H2,1H3. The quantitative estimate of drug-likeness (QED) is 0.774. The number of halogens is 3. The number of fused-ring (bicyclic) bond motifs is 3. The summed E-state index contributed by atoms with van der Waals surface area (Å²) >= 11 is 3.78. The zero-order valence-corrected chi connectivity index (χ0v) is 15.2. The van der Waals surface area contributed by atoms with Gasteiger partial charge in [0.25, 0.3) is 0 Å². The van der Waals surface area contributed by atoms with Gasteiger partial charge in [0.1, 0.15) is 0 Å². The highest BCUT2D eigenvalue weighted by Gasteiger charge is 2.55. The van der Waals surface area contributed by atoms with E-state index in [1.165, 1.54) is 6.08 Å². The van der Waals surface area contributed by atoms with Crippen LogP contribution in [0.1, 0.15) is 26.2 Å². The minimum Gasteiger partial charge on any atom is -0.384 e. The third-order valence-corrected chi connectivity index (χ3v) is 8.36. The molecule has 7 heteroatoms. The molecule has 2 aliphatic heterocycles. The lowest BCUT2D eigenvalue weighted by Crippen LogP contribution is -2.49. The lowest BCUT2D eigenvalue weighted by Gasteiger charge is -2.33. The highest BCUT2D eigenvalue weighted by Crippen LogP contribution is 2.57. The molecule has 2 heterocycles. The van der Waals surface area contributed by atoms with Gasteiger partial charge in [0.05, 0.1) is 17.3 Å². The van der Waals surface area contributed by atoms with Gasteiger partial charge in [-0.05, 0) is 43.1 Å². The van der Waals surface area contributed by atoms with Crippen LogP contribution >= 0.6 is 23.5 Å². The molecular formula is C17H23F3N2S2. The highest BCUT2D eigenvalue weighted by molar-refractivity contribution is 8.01. The van der Waals surface area contributed by atoms with Crippen LogP contribution in [0.2, 0.25) is 0 Å². The number of hydrogen-bond donors (Lipinski definition) is 2. The van der Waals surface area contributed by atoms with E-state index in [2.05, 4.69) is 23.6 Å². The smallest absolute Gasteiger partial charge is 0.384 e. The second-order valence-corrected chi connectivity index (χ2v) is 9.92. The molecule has 0 aromatic carbocycles. The van der Waals surface area contributed by atoms with Gasteiger partial charge in [-0.25, -0.2) is 0 Å². The maximum absolute atomic E-state index is 13.3. The topological polar surface area (TPSA) is 24.1 Å². The van der Waals surface area contributed by atoms with Gasteiger partial charge in [-0.2, -0.15) is 24.9 Å². The van der Waals surface area contributed by atoms with Crippen molar-refractivity contribution in [3.63, 3.8) is 0 Å². The predicted octanol–water partition coefficient (Wildman–Crippen LogP) is 4.12. The van der Waals surface area contributed by atoms with Crippen molar-refractivity contribution in [2.75, 3.05) is 5.75 Å². The first kappa shape index (κ1) is 17.0. The number of hydrogen-bond acceptors (Lipinski definition) is 4. The molecule has 4 rings (SSSR count). The molecule has 2 nitrogen and oxygen atoms in total. The van der Waals surface area contributed by atoms with Crippen molar-refractivity contribution < 1.29 is 13.2 Å². The molecule has 7 atom stereocenters. The molecule has 1 saturated carbocycles. The van der Waals surface area contributed by atoms with Crippen molar-refractivity contribution in [2.24, 2.45) is 17.8 Å². The van der Waals surface area contributed by atoms with Crippen LogP contribution in [0, 0.1) is 17.8 Å². The summed E-state index contributed by atoms with van der Waals surface area (Å²) in [6.07, 6.45) is 3.78. The van der Waals surface area contributed by atoms with Gasteiger partial charge in [0.15, 0.2) is 0 Å². The van der Waals surface area contributed by atoms with Crippen molar-refractivity contribution in [2.45, 2.75) is 54.3 Å². The minimum atomic E-state index is -4.12. The SMILES string of the molecule is CCSC1CC=CNC1C1NC2=CC(C(F)(F)F)CC3CC3C2S1. The molecule has 24 heavy (non-hydrogen) atoms. The Morgan fingerprint density at radius 3 is 2.92 bits per heavy atom. The van der Waals surface area contributed by atoms with Gasteiger partial charge >= 0.3 is 6.18 Å². The second-order valence-electron chi connectivity index (χ2n) is 7.11. The second kappa shape index (κ2) is 6.38. The van der Waals surface area contributed by atoms with Gasteiger partial charge in [-0.15, -0.1) is 11.8 Å². The van der Waals surface area contributed by atoms with E-state index in [1.807, 2.05) is 29.7 Å². The minimum absolute atomic E-state index is 0.156. The Labute approximate surface area is 149 Å². The average molecular weight is 377 g/mol. The number of allylic oxidation sites excluding steroid dienone is 2. The Morgan fingerprint density at radius 2 is 2.17 bits per heavy atom. The van der Waals surface area contributed by atoms with Crippen LogP contribution < -0.4 is 10.6 Å². The Balaban J connectivity index is 1.54. The normalized spacial score (nSPS) is 43.8. The Hall–Kier alpha value is -0.430. The Morgan fingerprint density at radius 1 is 1.33 bits per heavy atom. The molecule has 134 valence electrons. The van der Waals surface area contributed by atoms with E-state index in [4.69, 9.17) is 0 Å². The fraction of sp³-hybridized carbons (Fsp3) is 0.765. The predicted molar refractivity (Wildman–Crippen MR) is 94.7 cm³/mol. The summed E-state index contributed by atoms with van der Waals surface area (Å²) in [4.78, 5) is 0. The van der Waals surface area contributed by atoms with E-state index in [0.717, 1.165) is 24.3 Å². The maximum Gasteiger partial charge on any atom is 0.395 e. The molecule has 0 aromatic heterocycles. The molecule has 0 radical (unpaired) electrons. The van der Waals surface area contributed by atoms with Crippen LogP contribution in [-0.4, -0.2) is 33.8 Å². The van der Waals surface area contributed by atoms with E-state index in [9.17, 15) is 13.2 Å². The van der Waals surface area contributed by atoms with Crippen molar-refractivity contribution in [3.05, 3.63) is 24.0 Å². The van der Waals surface area contributed by atoms with Crippen molar-refractivity contribution in [1.82, 2.24) is 10.6 Å². The van der Waals surface area contributed by atoms with Gasteiger partial charge in [0.2, 0.25) is 0 Å². The average Bonchev–Trinajstić information content (AvgIpc) is 3.20. The largest absolute Gasteiger partial charge is 0.395 e. The van der Waals surface area contributed by atoms with Gasteiger partial charge < -0.3 is 10.6 Å². The molecular weight excluding hydrogens is 353 g/mol. The third kappa shape index (κ3) is 3.18. The van der Waals surface area contributed by atoms with E-state index >= 15 is 0 Å². The van der Waals surface area contributed by atoms with Crippen LogP contribution in [0.3, 0.4) is 0 Å².